The molecule has 2 fully saturated rings. The maximum Gasteiger partial charge on any atom is 0.113 e. The van der Waals surface area contributed by atoms with Gasteiger partial charge in [0.15, 0.2) is 0 Å². The fourth-order valence-electron chi connectivity index (χ4n) is 4.96. The Hall–Kier alpha value is -1.46. The first-order valence-electron chi connectivity index (χ1n) is 10.3. The van der Waals surface area contributed by atoms with E-state index in [-0.39, 0.29) is 0 Å². The summed E-state index contributed by atoms with van der Waals surface area (Å²) in [5.74, 6) is 2.84. The summed E-state index contributed by atoms with van der Waals surface area (Å²) in [6.07, 6.45) is 9.23. The van der Waals surface area contributed by atoms with Crippen LogP contribution >= 0.6 is 11.3 Å². The molecule has 1 aliphatic carbocycles. The van der Waals surface area contributed by atoms with Gasteiger partial charge < -0.3 is 9.88 Å². The number of hydrogen-bond acceptors (Lipinski definition) is 4. The van der Waals surface area contributed by atoms with E-state index in [1.54, 1.807) is 0 Å². The molecular weight excluding hydrogens is 340 g/mol. The van der Waals surface area contributed by atoms with Gasteiger partial charge in [-0.25, -0.2) is 9.97 Å². The summed E-state index contributed by atoms with van der Waals surface area (Å²) in [7, 11) is 0. The number of fused-ring (bicyclic) bond motifs is 3. The zero-order valence-corrected chi connectivity index (χ0v) is 16.4. The summed E-state index contributed by atoms with van der Waals surface area (Å²) in [5.41, 5.74) is 4.73. The summed E-state index contributed by atoms with van der Waals surface area (Å²) >= 11 is 1.82. The summed E-state index contributed by atoms with van der Waals surface area (Å²) in [5, 5.41) is 5.67. The molecule has 2 aliphatic rings. The molecule has 0 unspecified atom stereocenters. The number of imidazole rings is 1. The lowest BCUT2D eigenvalue weighted by Gasteiger charge is -2.23. The van der Waals surface area contributed by atoms with Gasteiger partial charge >= 0.3 is 0 Å². The van der Waals surface area contributed by atoms with Crippen molar-refractivity contribution in [3.05, 3.63) is 23.0 Å². The number of thiophene rings is 1. The second kappa shape index (κ2) is 6.93. The third-order valence-corrected chi connectivity index (χ3v) is 7.34. The second-order valence-corrected chi connectivity index (χ2v) is 9.03. The maximum atomic E-state index is 5.18. The van der Waals surface area contributed by atoms with Crippen LogP contribution in [0.5, 0.6) is 0 Å². The largest absolute Gasteiger partial charge is 0.326 e. The lowest BCUT2D eigenvalue weighted by Crippen LogP contribution is -2.28. The molecule has 1 aliphatic heterocycles. The highest BCUT2D eigenvalue weighted by Gasteiger charge is 2.26. The quantitative estimate of drug-likeness (QED) is 0.704. The van der Waals surface area contributed by atoms with Crippen molar-refractivity contribution in [3.63, 3.8) is 0 Å². The number of pyridine rings is 1. The summed E-state index contributed by atoms with van der Waals surface area (Å²) < 4.78 is 3.92. The number of aromatic nitrogens is 3. The standard InChI is InChI=1S/C21H28N4S/c1-14-18-19(20-17(23-14)9-13-26-20)25(12-8-15-6-10-22-11-7-15)21(24-18)16-4-2-3-5-16/h9,13,15-16,22H,2-8,10-12H2,1H3. The van der Waals surface area contributed by atoms with Crippen molar-refractivity contribution >= 4 is 32.6 Å². The number of nitrogens with one attached hydrogen (secondary N) is 1. The van der Waals surface area contributed by atoms with Gasteiger partial charge in [0, 0.05) is 12.5 Å². The predicted molar refractivity (Wildman–Crippen MR) is 109 cm³/mol. The number of piperidine rings is 1. The van der Waals surface area contributed by atoms with Gasteiger partial charge in [0.25, 0.3) is 0 Å². The van der Waals surface area contributed by atoms with E-state index in [9.17, 15) is 0 Å². The van der Waals surface area contributed by atoms with Gasteiger partial charge in [-0.1, -0.05) is 12.8 Å². The lowest BCUT2D eigenvalue weighted by atomic mass is 9.94. The molecule has 0 amide bonds. The first-order valence-corrected chi connectivity index (χ1v) is 11.1. The summed E-state index contributed by atoms with van der Waals surface area (Å²) in [6.45, 7) is 5.61. The van der Waals surface area contributed by atoms with Gasteiger partial charge in [-0.3, -0.25) is 0 Å². The van der Waals surface area contributed by atoms with Crippen LogP contribution < -0.4 is 5.32 Å². The fourth-order valence-corrected chi connectivity index (χ4v) is 5.84. The Morgan fingerprint density at radius 3 is 2.77 bits per heavy atom. The summed E-state index contributed by atoms with van der Waals surface area (Å²) in [4.78, 5) is 10.0. The first-order chi connectivity index (χ1) is 12.8. The van der Waals surface area contributed by atoms with Gasteiger partial charge in [0.05, 0.1) is 21.4 Å². The van der Waals surface area contributed by atoms with Crippen LogP contribution in [-0.2, 0) is 6.54 Å². The molecule has 138 valence electrons. The van der Waals surface area contributed by atoms with E-state index < -0.39 is 0 Å². The van der Waals surface area contributed by atoms with Crippen LogP contribution in [0.15, 0.2) is 11.4 Å². The highest BCUT2D eigenvalue weighted by Crippen LogP contribution is 2.38. The van der Waals surface area contributed by atoms with Crippen molar-refractivity contribution in [2.24, 2.45) is 5.92 Å². The molecule has 0 spiro atoms. The van der Waals surface area contributed by atoms with Crippen LogP contribution in [0.4, 0.5) is 0 Å². The highest BCUT2D eigenvalue weighted by molar-refractivity contribution is 7.18. The van der Waals surface area contributed by atoms with E-state index in [1.807, 2.05) is 11.3 Å². The van der Waals surface area contributed by atoms with E-state index in [0.717, 1.165) is 29.2 Å². The topological polar surface area (TPSA) is 42.7 Å². The molecule has 0 atom stereocenters. The van der Waals surface area contributed by atoms with Gasteiger partial charge in [-0.2, -0.15) is 0 Å². The SMILES string of the molecule is Cc1nc2ccsc2c2c1nc(C1CCCC1)n2CCC1CCNCC1. The van der Waals surface area contributed by atoms with Crippen LogP contribution in [0, 0.1) is 12.8 Å². The molecule has 0 radical (unpaired) electrons. The van der Waals surface area contributed by atoms with E-state index in [0.29, 0.717) is 5.92 Å². The minimum Gasteiger partial charge on any atom is -0.326 e. The molecular formula is C21H28N4S. The smallest absolute Gasteiger partial charge is 0.113 e. The Kier molecular flexibility index (Phi) is 4.45. The Labute approximate surface area is 159 Å². The first kappa shape index (κ1) is 16.7. The number of rotatable bonds is 4. The number of hydrogen-bond donors (Lipinski definition) is 1. The van der Waals surface area contributed by atoms with Crippen molar-refractivity contribution in [3.8, 4) is 0 Å². The molecule has 1 N–H and O–H groups in total. The van der Waals surface area contributed by atoms with Crippen LogP contribution in [0.2, 0.25) is 0 Å². The molecule has 4 nitrogen and oxygen atoms in total. The molecule has 1 saturated heterocycles. The number of aryl methyl sites for hydroxylation is 2. The Morgan fingerprint density at radius 1 is 1.15 bits per heavy atom. The molecule has 3 aromatic heterocycles. The minimum absolute atomic E-state index is 0.643. The van der Waals surface area contributed by atoms with E-state index in [4.69, 9.17) is 9.97 Å². The third-order valence-electron chi connectivity index (χ3n) is 6.43. The highest BCUT2D eigenvalue weighted by atomic mass is 32.1. The van der Waals surface area contributed by atoms with Crippen LogP contribution in [-0.4, -0.2) is 27.6 Å². The van der Waals surface area contributed by atoms with Crippen molar-refractivity contribution in [2.75, 3.05) is 13.1 Å². The maximum absolute atomic E-state index is 5.18. The minimum atomic E-state index is 0.643. The zero-order valence-electron chi connectivity index (χ0n) is 15.6. The average molecular weight is 369 g/mol. The molecule has 5 heteroatoms. The fraction of sp³-hybridized carbons (Fsp3) is 0.619. The Balaban J connectivity index is 1.60. The van der Waals surface area contributed by atoms with Crippen molar-refractivity contribution in [2.45, 2.75) is 64.3 Å². The van der Waals surface area contributed by atoms with Crippen LogP contribution in [0.3, 0.4) is 0 Å². The van der Waals surface area contributed by atoms with Crippen molar-refractivity contribution < 1.29 is 0 Å². The van der Waals surface area contributed by atoms with Gasteiger partial charge in [-0.15, -0.1) is 11.3 Å². The average Bonchev–Trinajstić information content (AvgIpc) is 3.39. The lowest BCUT2D eigenvalue weighted by molar-refractivity contribution is 0.336. The number of nitrogens with zero attached hydrogens (tertiary/aromatic N) is 3. The molecule has 3 aromatic rings. The van der Waals surface area contributed by atoms with Crippen molar-refractivity contribution in [1.29, 1.82) is 0 Å². The van der Waals surface area contributed by atoms with E-state index in [1.165, 1.54) is 74.1 Å². The predicted octanol–water partition coefficient (Wildman–Crippen LogP) is 5.00. The third kappa shape index (κ3) is 2.85. The molecule has 5 rings (SSSR count). The van der Waals surface area contributed by atoms with Crippen LogP contribution in [0.1, 0.15) is 62.4 Å². The van der Waals surface area contributed by atoms with Gasteiger partial charge in [-0.05, 0) is 69.5 Å². The second-order valence-electron chi connectivity index (χ2n) is 8.11. The van der Waals surface area contributed by atoms with Crippen molar-refractivity contribution in [1.82, 2.24) is 19.9 Å². The zero-order chi connectivity index (χ0) is 17.5. The van der Waals surface area contributed by atoms with E-state index in [2.05, 4.69) is 28.3 Å². The normalized spacial score (nSPS) is 19.9. The van der Waals surface area contributed by atoms with Gasteiger partial charge in [0.2, 0.25) is 0 Å². The molecule has 26 heavy (non-hydrogen) atoms. The molecule has 1 saturated carbocycles. The molecule has 0 bridgehead atoms. The molecule has 0 aromatic carbocycles. The van der Waals surface area contributed by atoms with Gasteiger partial charge in [0.1, 0.15) is 11.3 Å². The Morgan fingerprint density at radius 2 is 1.96 bits per heavy atom. The Bertz CT molecular complexity index is 913. The van der Waals surface area contributed by atoms with E-state index >= 15 is 0 Å². The molecule has 4 heterocycles. The summed E-state index contributed by atoms with van der Waals surface area (Å²) in [6, 6.07) is 2.16. The van der Waals surface area contributed by atoms with Crippen LogP contribution in [0.25, 0.3) is 21.3 Å². The monoisotopic (exact) mass is 368 g/mol.